The van der Waals surface area contributed by atoms with Crippen molar-refractivity contribution in [3.05, 3.63) is 259 Å². The number of nitrogens with zero attached hydrogens (tertiary/aromatic N) is 5. The van der Waals surface area contributed by atoms with Gasteiger partial charge in [-0.3, -0.25) is 0 Å². The second-order valence-electron chi connectivity index (χ2n) is 16.9. The van der Waals surface area contributed by atoms with Crippen molar-refractivity contribution in [2.75, 3.05) is 0 Å². The van der Waals surface area contributed by atoms with E-state index in [1.165, 1.54) is 28.0 Å². The summed E-state index contributed by atoms with van der Waals surface area (Å²) in [5.41, 5.74) is 13.6. The van der Waals surface area contributed by atoms with Crippen molar-refractivity contribution in [1.29, 1.82) is 0 Å². The Morgan fingerprint density at radius 3 is 1.79 bits per heavy atom. The maximum Gasteiger partial charge on any atom is 0.189 e. The minimum atomic E-state index is 0.534. The Bertz CT molecular complexity index is 4280. The lowest BCUT2D eigenvalue weighted by Gasteiger charge is -2.12. The van der Waals surface area contributed by atoms with Crippen molar-refractivity contribution >= 4 is 111 Å². The van der Waals surface area contributed by atoms with Gasteiger partial charge in [-0.05, 0) is 113 Å². The first-order valence-electron chi connectivity index (χ1n) is 22.3. The van der Waals surface area contributed by atoms with E-state index >= 15 is 0 Å². The van der Waals surface area contributed by atoms with Crippen molar-refractivity contribution in [2.24, 2.45) is 0 Å². The largest absolute Gasteiger partial charge is 0.456 e. The molecule has 0 aliphatic rings. The van der Waals surface area contributed by atoms with Gasteiger partial charge in [0.2, 0.25) is 0 Å². The lowest BCUT2D eigenvalue weighted by molar-refractivity contribution is 0.669. The standard InChI is InChI=1S/C62H39N5O/c1-40(41(2)36-46(31-33-63-3)67-59-23-13-8-17-49(59)51-28-26-44(64-4)38-60(51)67)35-43(42-25-30-62-54(37-42)52-19-9-14-24-61(52)68-62)32-34-65-55-20-10-5-18-50(55)53-39-45(27-29-56(53)65)66-57-21-11-6-15-47(57)48-16-7-12-22-58(48)66/h5-39H,1-2H2/b33-31+,34-32+,43-35+,46-36+. The SMILES string of the molecule is [C-]#[N+]/C=C/C(=C\C(=C)C(=C)/C=C(\C=C\n1c2ccccc2c2cc(-n3c4ccccc4c4ccccc43)ccc21)c1ccc2oc3ccccc3c2c1)n1c2ccccc2c2ccc([N+]#[C-])cc21. The number of rotatable bonds is 9. The Balaban J connectivity index is 1.00. The highest BCUT2D eigenvalue weighted by Crippen LogP contribution is 2.39. The number of furan rings is 1. The third-order valence-electron chi connectivity index (χ3n) is 13.1. The Kier molecular flexibility index (Phi) is 9.46. The van der Waals surface area contributed by atoms with E-state index < -0.39 is 0 Å². The molecule has 0 N–H and O–H groups in total. The molecule has 0 aliphatic carbocycles. The van der Waals surface area contributed by atoms with Gasteiger partial charge >= 0.3 is 0 Å². The van der Waals surface area contributed by atoms with E-state index in [2.05, 4.69) is 176 Å². The average Bonchev–Trinajstić information content (AvgIpc) is 4.12. The molecule has 4 heterocycles. The Hall–Kier alpha value is -9.62. The van der Waals surface area contributed by atoms with Gasteiger partial charge in [-0.25, -0.2) is 9.69 Å². The topological polar surface area (TPSA) is 36.6 Å². The number of allylic oxidation sites excluding steroid dienone is 8. The summed E-state index contributed by atoms with van der Waals surface area (Å²) in [6, 6.07) is 60.9. The molecule has 0 saturated carbocycles. The van der Waals surface area contributed by atoms with E-state index in [0.717, 1.165) is 88.1 Å². The molecule has 6 nitrogen and oxygen atoms in total. The van der Waals surface area contributed by atoms with E-state index in [0.29, 0.717) is 16.8 Å². The van der Waals surface area contributed by atoms with Gasteiger partial charge in [-0.1, -0.05) is 122 Å². The van der Waals surface area contributed by atoms with Crippen molar-refractivity contribution in [1.82, 2.24) is 13.7 Å². The average molecular weight is 870 g/mol. The van der Waals surface area contributed by atoms with Crippen LogP contribution in [0, 0.1) is 13.1 Å². The van der Waals surface area contributed by atoms with Gasteiger partial charge in [0.25, 0.3) is 0 Å². The van der Waals surface area contributed by atoms with E-state index in [1.807, 2.05) is 60.7 Å². The lowest BCUT2D eigenvalue weighted by atomic mass is 9.98. The number of para-hydroxylation sites is 5. The van der Waals surface area contributed by atoms with Crippen molar-refractivity contribution in [2.45, 2.75) is 0 Å². The summed E-state index contributed by atoms with van der Waals surface area (Å²) in [6.45, 7) is 24.6. The molecular formula is C62H39N5O. The predicted octanol–water partition coefficient (Wildman–Crippen LogP) is 17.1. The monoisotopic (exact) mass is 869 g/mol. The fourth-order valence-electron chi connectivity index (χ4n) is 9.94. The van der Waals surface area contributed by atoms with Crippen LogP contribution >= 0.6 is 0 Å². The second-order valence-corrected chi connectivity index (χ2v) is 16.9. The molecule has 318 valence electrons. The van der Waals surface area contributed by atoms with Crippen LogP contribution in [0.5, 0.6) is 0 Å². The zero-order valence-electron chi connectivity index (χ0n) is 36.8. The maximum atomic E-state index is 7.77. The summed E-state index contributed by atoms with van der Waals surface area (Å²) < 4.78 is 13.0. The third-order valence-corrected chi connectivity index (χ3v) is 13.1. The number of hydrogen-bond donors (Lipinski definition) is 0. The molecule has 0 radical (unpaired) electrons. The van der Waals surface area contributed by atoms with Crippen LogP contribution in [0.1, 0.15) is 5.56 Å². The summed E-state index contributed by atoms with van der Waals surface area (Å²) in [7, 11) is 0. The number of benzene rings is 8. The first-order chi connectivity index (χ1) is 33.5. The summed E-state index contributed by atoms with van der Waals surface area (Å²) >= 11 is 0. The molecule has 0 amide bonds. The first-order valence-corrected chi connectivity index (χ1v) is 22.3. The van der Waals surface area contributed by atoms with Crippen LogP contribution in [-0.4, -0.2) is 13.7 Å². The van der Waals surface area contributed by atoms with Gasteiger partial charge in [-0.2, -0.15) is 0 Å². The highest BCUT2D eigenvalue weighted by molar-refractivity contribution is 6.14. The van der Waals surface area contributed by atoms with Crippen LogP contribution in [0.2, 0.25) is 0 Å². The first kappa shape index (κ1) is 39.9. The molecule has 0 spiro atoms. The molecule has 12 rings (SSSR count). The van der Waals surface area contributed by atoms with Crippen LogP contribution in [0.15, 0.2) is 235 Å². The van der Waals surface area contributed by atoms with E-state index in [4.69, 9.17) is 17.6 Å². The van der Waals surface area contributed by atoms with E-state index in [9.17, 15) is 0 Å². The van der Waals surface area contributed by atoms with Gasteiger partial charge in [0.15, 0.2) is 11.9 Å². The second kappa shape index (κ2) is 16.1. The number of aromatic nitrogens is 3. The fourth-order valence-corrected chi connectivity index (χ4v) is 9.94. The zero-order chi connectivity index (χ0) is 45.9. The molecule has 0 bridgehead atoms. The van der Waals surface area contributed by atoms with Crippen LogP contribution in [-0.2, 0) is 0 Å². The molecular weight excluding hydrogens is 831 g/mol. The fraction of sp³-hybridized carbons (Fsp3) is 0. The molecule has 12 aromatic rings. The summed E-state index contributed by atoms with van der Waals surface area (Å²) in [4.78, 5) is 7.31. The van der Waals surface area contributed by atoms with Gasteiger partial charge < -0.3 is 18.1 Å². The van der Waals surface area contributed by atoms with Gasteiger partial charge in [0, 0.05) is 66.2 Å². The summed E-state index contributed by atoms with van der Waals surface area (Å²) in [6.07, 6.45) is 11.6. The highest BCUT2D eigenvalue weighted by atomic mass is 16.3. The van der Waals surface area contributed by atoms with Gasteiger partial charge in [-0.15, -0.1) is 0 Å². The van der Waals surface area contributed by atoms with E-state index in [-0.39, 0.29) is 0 Å². The molecule has 6 heteroatoms. The minimum Gasteiger partial charge on any atom is -0.456 e. The van der Waals surface area contributed by atoms with E-state index in [1.54, 1.807) is 6.08 Å². The Morgan fingerprint density at radius 2 is 1.07 bits per heavy atom. The van der Waals surface area contributed by atoms with Crippen LogP contribution in [0.3, 0.4) is 0 Å². The molecule has 0 unspecified atom stereocenters. The van der Waals surface area contributed by atoms with Crippen LogP contribution < -0.4 is 0 Å². The highest BCUT2D eigenvalue weighted by Gasteiger charge is 2.17. The lowest BCUT2D eigenvalue weighted by Crippen LogP contribution is -1.96. The smallest absolute Gasteiger partial charge is 0.189 e. The molecule has 68 heavy (non-hydrogen) atoms. The van der Waals surface area contributed by atoms with Gasteiger partial charge in [0.05, 0.1) is 40.7 Å². The molecule has 0 fully saturated rings. The zero-order valence-corrected chi connectivity index (χ0v) is 36.8. The van der Waals surface area contributed by atoms with Crippen LogP contribution in [0.25, 0.3) is 120 Å². The number of hydrogen-bond acceptors (Lipinski definition) is 1. The molecule has 0 atom stereocenters. The van der Waals surface area contributed by atoms with Gasteiger partial charge in [0.1, 0.15) is 11.2 Å². The van der Waals surface area contributed by atoms with Crippen molar-refractivity contribution in [3.63, 3.8) is 0 Å². The molecule has 0 aliphatic heterocycles. The Labute approximate surface area is 391 Å². The summed E-state index contributed by atoms with van der Waals surface area (Å²) in [5.74, 6) is 0. The molecule has 8 aromatic carbocycles. The van der Waals surface area contributed by atoms with Crippen molar-refractivity contribution in [3.8, 4) is 5.69 Å². The van der Waals surface area contributed by atoms with Crippen molar-refractivity contribution < 1.29 is 4.42 Å². The normalized spacial score (nSPS) is 12.6. The number of fused-ring (bicyclic) bond motifs is 12. The maximum absolute atomic E-state index is 7.77. The quantitative estimate of drug-likeness (QED) is 0.105. The third kappa shape index (κ3) is 6.48. The Morgan fingerprint density at radius 1 is 0.485 bits per heavy atom. The predicted molar refractivity (Wildman–Crippen MR) is 285 cm³/mol. The molecule has 0 saturated heterocycles. The summed E-state index contributed by atoms with van der Waals surface area (Å²) in [5, 5.41) is 8.90. The molecule has 4 aromatic heterocycles. The minimum absolute atomic E-state index is 0.534. The van der Waals surface area contributed by atoms with Crippen LogP contribution in [0.4, 0.5) is 5.69 Å².